The van der Waals surface area contributed by atoms with Crippen molar-refractivity contribution in [2.45, 2.75) is 37.6 Å². The molecular weight excluding hydrogens is 398 g/mol. The molecule has 0 aliphatic carbocycles. The molecule has 2 aromatic rings. The summed E-state index contributed by atoms with van der Waals surface area (Å²) in [6.07, 6.45) is 0.806. The molecule has 0 unspecified atom stereocenters. The van der Waals surface area contributed by atoms with Gasteiger partial charge in [0.2, 0.25) is 0 Å². The Balaban J connectivity index is 1.91. The second kappa shape index (κ2) is 9.41. The van der Waals surface area contributed by atoms with Crippen molar-refractivity contribution in [3.8, 4) is 0 Å². The average molecular weight is 424 g/mol. The lowest BCUT2D eigenvalue weighted by molar-refractivity contribution is 0.0953. The second-order valence-electron chi connectivity index (χ2n) is 7.42. The predicted octanol–water partition coefficient (Wildman–Crippen LogP) is 3.65. The first kappa shape index (κ1) is 22.2. The fourth-order valence-electron chi connectivity index (χ4n) is 2.37. The van der Waals surface area contributed by atoms with Gasteiger partial charge in [-0.05, 0) is 82.3 Å². The van der Waals surface area contributed by atoms with Crippen LogP contribution in [0.5, 0.6) is 0 Å². The van der Waals surface area contributed by atoms with Crippen LogP contribution in [-0.2, 0) is 10.0 Å². The molecule has 0 bridgehead atoms. The summed E-state index contributed by atoms with van der Waals surface area (Å²) in [6, 6.07) is 12.2. The first-order chi connectivity index (χ1) is 13.1. The highest BCUT2D eigenvalue weighted by atomic mass is 35.5. The minimum Gasteiger partial charge on any atom is -0.352 e. The quantitative estimate of drug-likeness (QED) is 0.565. The van der Waals surface area contributed by atoms with Crippen molar-refractivity contribution in [2.24, 2.45) is 0 Å². The maximum atomic E-state index is 12.4. The van der Waals surface area contributed by atoms with E-state index in [0.29, 0.717) is 22.8 Å². The van der Waals surface area contributed by atoms with Gasteiger partial charge in [-0.2, -0.15) is 0 Å². The number of hydrogen-bond donors (Lipinski definition) is 3. The molecular formula is C20H26ClN3O3S. The lowest BCUT2D eigenvalue weighted by Crippen LogP contribution is -2.37. The van der Waals surface area contributed by atoms with E-state index in [1.165, 1.54) is 24.3 Å². The summed E-state index contributed by atoms with van der Waals surface area (Å²) in [4.78, 5) is 12.3. The van der Waals surface area contributed by atoms with Gasteiger partial charge in [0.05, 0.1) is 4.90 Å². The molecule has 0 saturated heterocycles. The van der Waals surface area contributed by atoms with Gasteiger partial charge in [0, 0.05) is 28.4 Å². The van der Waals surface area contributed by atoms with E-state index < -0.39 is 10.0 Å². The third kappa shape index (κ3) is 7.14. The van der Waals surface area contributed by atoms with Gasteiger partial charge >= 0.3 is 0 Å². The summed E-state index contributed by atoms with van der Waals surface area (Å²) in [6.45, 7) is 7.60. The molecule has 2 aromatic carbocycles. The average Bonchev–Trinajstić information content (AvgIpc) is 2.62. The zero-order valence-electron chi connectivity index (χ0n) is 16.3. The Labute approximate surface area is 171 Å². The first-order valence-corrected chi connectivity index (χ1v) is 10.8. The number of anilines is 1. The second-order valence-corrected chi connectivity index (χ2v) is 9.54. The highest BCUT2D eigenvalue weighted by Gasteiger charge is 2.15. The van der Waals surface area contributed by atoms with Crippen molar-refractivity contribution in [1.29, 1.82) is 0 Å². The van der Waals surface area contributed by atoms with E-state index in [9.17, 15) is 13.2 Å². The number of benzene rings is 2. The molecule has 0 saturated carbocycles. The molecule has 8 heteroatoms. The normalized spacial score (nSPS) is 11.9. The maximum absolute atomic E-state index is 12.4. The van der Waals surface area contributed by atoms with Gasteiger partial charge in [0.15, 0.2) is 0 Å². The molecule has 0 spiro atoms. The Morgan fingerprint density at radius 1 is 0.964 bits per heavy atom. The summed E-state index contributed by atoms with van der Waals surface area (Å²) in [5.74, 6) is -0.231. The fraction of sp³-hybridized carbons (Fsp3) is 0.350. The van der Waals surface area contributed by atoms with Crippen LogP contribution < -0.4 is 15.4 Å². The highest BCUT2D eigenvalue weighted by Crippen LogP contribution is 2.18. The molecule has 3 N–H and O–H groups in total. The molecule has 0 fully saturated rings. The van der Waals surface area contributed by atoms with E-state index in [2.05, 4.69) is 36.1 Å². The predicted molar refractivity (Wildman–Crippen MR) is 113 cm³/mol. The minimum atomic E-state index is -3.74. The molecule has 152 valence electrons. The molecule has 0 heterocycles. The Kier molecular flexibility index (Phi) is 7.46. The number of sulfonamides is 1. The number of halogens is 1. The summed E-state index contributed by atoms with van der Waals surface area (Å²) >= 11 is 5.80. The molecule has 0 atom stereocenters. The lowest BCUT2D eigenvalue weighted by atomic mass is 10.1. The van der Waals surface area contributed by atoms with E-state index in [-0.39, 0.29) is 16.3 Å². The van der Waals surface area contributed by atoms with Crippen LogP contribution in [-0.4, -0.2) is 33.0 Å². The molecule has 0 aliphatic heterocycles. The Morgan fingerprint density at radius 2 is 1.57 bits per heavy atom. The van der Waals surface area contributed by atoms with E-state index in [1.54, 1.807) is 24.3 Å². The fourth-order valence-corrected chi connectivity index (χ4v) is 3.56. The molecule has 0 aromatic heterocycles. The Morgan fingerprint density at radius 3 is 2.14 bits per heavy atom. The number of rotatable bonds is 8. The first-order valence-electron chi connectivity index (χ1n) is 8.98. The molecule has 0 aliphatic rings. The minimum absolute atomic E-state index is 0.0470. The van der Waals surface area contributed by atoms with Gasteiger partial charge in [0.1, 0.15) is 0 Å². The van der Waals surface area contributed by atoms with Crippen molar-refractivity contribution in [3.63, 3.8) is 0 Å². The van der Waals surface area contributed by atoms with Gasteiger partial charge in [-0.15, -0.1) is 0 Å². The molecule has 2 rings (SSSR count). The molecule has 6 nitrogen and oxygen atoms in total. The molecule has 28 heavy (non-hydrogen) atoms. The third-order valence-corrected chi connectivity index (χ3v) is 5.47. The van der Waals surface area contributed by atoms with Crippen LogP contribution in [0.3, 0.4) is 0 Å². The van der Waals surface area contributed by atoms with Crippen molar-refractivity contribution < 1.29 is 13.2 Å². The maximum Gasteiger partial charge on any atom is 0.261 e. The number of hydrogen-bond acceptors (Lipinski definition) is 4. The monoisotopic (exact) mass is 423 g/mol. The van der Waals surface area contributed by atoms with Crippen LogP contribution >= 0.6 is 11.6 Å². The van der Waals surface area contributed by atoms with Gasteiger partial charge in [0.25, 0.3) is 15.9 Å². The Bertz CT molecular complexity index is 890. The van der Waals surface area contributed by atoms with Crippen LogP contribution in [0.4, 0.5) is 5.69 Å². The van der Waals surface area contributed by atoms with E-state index in [0.717, 1.165) is 13.0 Å². The summed E-state index contributed by atoms with van der Waals surface area (Å²) < 4.78 is 27.4. The smallest absolute Gasteiger partial charge is 0.261 e. The number of nitrogens with one attached hydrogen (secondary N) is 3. The van der Waals surface area contributed by atoms with E-state index in [1.807, 2.05) is 0 Å². The number of amides is 1. The van der Waals surface area contributed by atoms with Crippen LogP contribution in [0, 0.1) is 0 Å². The van der Waals surface area contributed by atoms with Gasteiger partial charge < -0.3 is 10.6 Å². The largest absolute Gasteiger partial charge is 0.352 e. The Hall–Kier alpha value is -2.09. The standard InChI is InChI=1S/C20H26ClN3O3S/c1-20(2,3)23-14-4-13-22-19(25)15-5-11-18(12-6-15)28(26,27)24-17-9-7-16(21)8-10-17/h5-12,23-24H,4,13-14H2,1-3H3,(H,22,25). The summed E-state index contributed by atoms with van der Waals surface area (Å²) in [7, 11) is -3.74. The van der Waals surface area contributed by atoms with Gasteiger partial charge in [-0.25, -0.2) is 8.42 Å². The zero-order chi connectivity index (χ0) is 20.8. The van der Waals surface area contributed by atoms with Crippen molar-refractivity contribution in [3.05, 3.63) is 59.1 Å². The highest BCUT2D eigenvalue weighted by molar-refractivity contribution is 7.92. The van der Waals surface area contributed by atoms with Crippen LogP contribution in [0.2, 0.25) is 5.02 Å². The molecule has 0 radical (unpaired) electrons. The van der Waals surface area contributed by atoms with Gasteiger partial charge in [-0.3, -0.25) is 9.52 Å². The van der Waals surface area contributed by atoms with E-state index in [4.69, 9.17) is 11.6 Å². The lowest BCUT2D eigenvalue weighted by Gasteiger charge is -2.20. The number of carbonyl (C=O) groups is 1. The van der Waals surface area contributed by atoms with Gasteiger partial charge in [-0.1, -0.05) is 11.6 Å². The van der Waals surface area contributed by atoms with Crippen LogP contribution in [0.25, 0.3) is 0 Å². The van der Waals surface area contributed by atoms with Crippen molar-refractivity contribution >= 4 is 33.2 Å². The molecule has 1 amide bonds. The third-order valence-electron chi connectivity index (χ3n) is 3.82. The van der Waals surface area contributed by atoms with E-state index >= 15 is 0 Å². The van der Waals surface area contributed by atoms with Crippen molar-refractivity contribution in [2.75, 3.05) is 17.8 Å². The SMILES string of the molecule is CC(C)(C)NCCCNC(=O)c1ccc(S(=O)(=O)Nc2ccc(Cl)cc2)cc1. The van der Waals surface area contributed by atoms with Crippen molar-refractivity contribution in [1.82, 2.24) is 10.6 Å². The number of carbonyl (C=O) groups excluding carboxylic acids is 1. The summed E-state index contributed by atoms with van der Waals surface area (Å²) in [5.41, 5.74) is 0.870. The topological polar surface area (TPSA) is 87.3 Å². The zero-order valence-corrected chi connectivity index (χ0v) is 17.8. The summed E-state index contributed by atoms with van der Waals surface area (Å²) in [5, 5.41) is 6.70. The van der Waals surface area contributed by atoms with Crippen LogP contribution in [0.1, 0.15) is 37.6 Å². The van der Waals surface area contributed by atoms with Crippen LogP contribution in [0.15, 0.2) is 53.4 Å².